The fourth-order valence-electron chi connectivity index (χ4n) is 0.621. The minimum Gasteiger partial charge on any atom is -0.373 e. The average molecular weight is 125 g/mol. The van der Waals surface area contributed by atoms with Crippen molar-refractivity contribution in [1.82, 2.24) is 0 Å². The van der Waals surface area contributed by atoms with Crippen molar-refractivity contribution in [1.29, 1.82) is 0 Å². The van der Waals surface area contributed by atoms with Gasteiger partial charge in [0.15, 0.2) is 0 Å². The van der Waals surface area contributed by atoms with Crippen molar-refractivity contribution in [2.24, 2.45) is 0 Å². The summed E-state index contributed by atoms with van der Waals surface area (Å²) in [7, 11) is 0. The molecule has 1 atom stereocenters. The van der Waals surface area contributed by atoms with E-state index in [1.54, 1.807) is 6.29 Å². The first-order valence-electron chi connectivity index (χ1n) is 3.00. The third-order valence-corrected chi connectivity index (χ3v) is 1.31. The van der Waals surface area contributed by atoms with Crippen LogP contribution in [-0.4, -0.2) is 19.0 Å². The van der Waals surface area contributed by atoms with Gasteiger partial charge in [-0.2, -0.15) is 0 Å². The molecule has 2 nitrogen and oxygen atoms in total. The van der Waals surface area contributed by atoms with E-state index in [9.17, 15) is 4.79 Å². The molecule has 49 valence electrons. The molecule has 0 amide bonds. The van der Waals surface area contributed by atoms with E-state index < -0.39 is 0 Å². The van der Waals surface area contributed by atoms with E-state index in [0.717, 1.165) is 19.4 Å². The number of epoxide rings is 1. The number of carbonyl (C=O) groups excluding carboxylic acids is 1. The quantitative estimate of drug-likeness (QED) is 0.411. The van der Waals surface area contributed by atoms with Gasteiger partial charge in [-0.1, -0.05) is 6.58 Å². The maximum absolute atomic E-state index is 9.87. The van der Waals surface area contributed by atoms with Gasteiger partial charge in [0.25, 0.3) is 0 Å². The standard InChI is InChI=1S/C7H9O2/c1-6(4-8)2-3-7-5-9-7/h7H,1-3,5H2. The van der Waals surface area contributed by atoms with Crippen LogP contribution < -0.4 is 0 Å². The third kappa shape index (κ3) is 2.42. The minimum absolute atomic E-state index is 0.398. The monoisotopic (exact) mass is 125 g/mol. The summed E-state index contributed by atoms with van der Waals surface area (Å²) in [5, 5.41) is 0. The van der Waals surface area contributed by atoms with Crippen molar-refractivity contribution in [2.75, 3.05) is 6.61 Å². The van der Waals surface area contributed by atoms with Crippen LogP contribution >= 0.6 is 0 Å². The van der Waals surface area contributed by atoms with Crippen molar-refractivity contribution in [3.63, 3.8) is 0 Å². The van der Waals surface area contributed by atoms with Crippen molar-refractivity contribution in [2.45, 2.75) is 18.9 Å². The molecule has 0 saturated carbocycles. The molecule has 1 unspecified atom stereocenters. The number of allylic oxidation sites excluding steroid dienone is 1. The molecule has 1 aliphatic heterocycles. The van der Waals surface area contributed by atoms with Gasteiger partial charge in [0.05, 0.1) is 12.7 Å². The summed E-state index contributed by atoms with van der Waals surface area (Å²) in [6, 6.07) is 0. The molecule has 1 heterocycles. The Morgan fingerprint density at radius 3 is 3.00 bits per heavy atom. The highest BCUT2D eigenvalue weighted by Crippen LogP contribution is 2.16. The zero-order valence-electron chi connectivity index (χ0n) is 5.22. The summed E-state index contributed by atoms with van der Waals surface area (Å²) in [4.78, 5) is 9.87. The van der Waals surface area contributed by atoms with Gasteiger partial charge in [-0.15, -0.1) is 0 Å². The summed E-state index contributed by atoms with van der Waals surface area (Å²) in [6.07, 6.45) is 3.80. The van der Waals surface area contributed by atoms with Crippen LogP contribution in [0.4, 0.5) is 0 Å². The van der Waals surface area contributed by atoms with Crippen molar-refractivity contribution in [3.8, 4) is 0 Å². The molecule has 0 aliphatic carbocycles. The summed E-state index contributed by atoms with van der Waals surface area (Å²) >= 11 is 0. The SMILES string of the molecule is C=C([C]=O)CCC1CO1. The smallest absolute Gasteiger partial charge is 0.228 e. The third-order valence-electron chi connectivity index (χ3n) is 1.31. The predicted molar refractivity (Wildman–Crippen MR) is 33.8 cm³/mol. The fourth-order valence-corrected chi connectivity index (χ4v) is 0.621. The second-order valence-corrected chi connectivity index (χ2v) is 2.20. The zero-order chi connectivity index (χ0) is 6.69. The van der Waals surface area contributed by atoms with Crippen molar-refractivity contribution >= 4 is 6.29 Å². The Labute approximate surface area is 54.5 Å². The highest BCUT2D eigenvalue weighted by molar-refractivity contribution is 5.72. The second kappa shape index (κ2) is 2.78. The van der Waals surface area contributed by atoms with E-state index in [0.29, 0.717) is 11.7 Å². The van der Waals surface area contributed by atoms with E-state index >= 15 is 0 Å². The molecule has 1 radical (unpaired) electrons. The van der Waals surface area contributed by atoms with Crippen LogP contribution in [0.15, 0.2) is 12.2 Å². The van der Waals surface area contributed by atoms with Crippen LogP contribution in [-0.2, 0) is 9.53 Å². The van der Waals surface area contributed by atoms with Crippen LogP contribution in [0.5, 0.6) is 0 Å². The topological polar surface area (TPSA) is 29.6 Å². The molecule has 0 bridgehead atoms. The second-order valence-electron chi connectivity index (χ2n) is 2.20. The van der Waals surface area contributed by atoms with E-state index in [-0.39, 0.29) is 0 Å². The number of hydrogen-bond donors (Lipinski definition) is 0. The van der Waals surface area contributed by atoms with Crippen LogP contribution in [0, 0.1) is 0 Å². The Morgan fingerprint density at radius 2 is 2.56 bits per heavy atom. The normalized spacial score (nSPS) is 23.3. The lowest BCUT2D eigenvalue weighted by Crippen LogP contribution is -1.88. The van der Waals surface area contributed by atoms with E-state index in [4.69, 9.17) is 4.74 Å². The summed E-state index contributed by atoms with van der Waals surface area (Å²) < 4.78 is 4.93. The molecule has 1 saturated heterocycles. The number of hydrogen-bond acceptors (Lipinski definition) is 2. The van der Waals surface area contributed by atoms with Crippen molar-refractivity contribution in [3.05, 3.63) is 12.2 Å². The Hall–Kier alpha value is -0.630. The summed E-state index contributed by atoms with van der Waals surface area (Å²) in [6.45, 7) is 4.35. The van der Waals surface area contributed by atoms with E-state index in [1.165, 1.54) is 0 Å². The minimum atomic E-state index is 0.398. The van der Waals surface area contributed by atoms with Gasteiger partial charge in [0.1, 0.15) is 0 Å². The lowest BCUT2D eigenvalue weighted by atomic mass is 10.1. The first kappa shape index (κ1) is 6.49. The highest BCUT2D eigenvalue weighted by atomic mass is 16.6. The Morgan fingerprint density at radius 1 is 1.89 bits per heavy atom. The Bertz CT molecular complexity index is 125. The molecule has 9 heavy (non-hydrogen) atoms. The van der Waals surface area contributed by atoms with Crippen LogP contribution in [0.2, 0.25) is 0 Å². The number of ether oxygens (including phenoxy) is 1. The van der Waals surface area contributed by atoms with Gasteiger partial charge in [-0.05, 0) is 18.4 Å². The maximum atomic E-state index is 9.87. The molecule has 0 spiro atoms. The zero-order valence-corrected chi connectivity index (χ0v) is 5.22. The summed E-state index contributed by atoms with van der Waals surface area (Å²) in [5.74, 6) is 0. The molecule has 1 fully saturated rings. The van der Waals surface area contributed by atoms with E-state index in [2.05, 4.69) is 6.58 Å². The molecule has 0 aromatic heterocycles. The largest absolute Gasteiger partial charge is 0.373 e. The molecule has 0 aromatic carbocycles. The molecule has 0 aromatic rings. The van der Waals surface area contributed by atoms with Gasteiger partial charge < -0.3 is 4.74 Å². The molecular formula is C7H9O2. The van der Waals surface area contributed by atoms with Crippen LogP contribution in [0.25, 0.3) is 0 Å². The van der Waals surface area contributed by atoms with Crippen LogP contribution in [0.1, 0.15) is 12.8 Å². The van der Waals surface area contributed by atoms with Gasteiger partial charge in [0.2, 0.25) is 6.29 Å². The highest BCUT2D eigenvalue weighted by Gasteiger charge is 2.21. The Kier molecular flexibility index (Phi) is 2.01. The molecule has 1 aliphatic rings. The van der Waals surface area contributed by atoms with Gasteiger partial charge >= 0.3 is 0 Å². The number of rotatable bonds is 4. The predicted octanol–water partition coefficient (Wildman–Crippen LogP) is 0.831. The summed E-state index contributed by atoms with van der Waals surface area (Å²) in [5.41, 5.74) is 0.547. The molecule has 0 N–H and O–H groups in total. The molecular weight excluding hydrogens is 116 g/mol. The maximum Gasteiger partial charge on any atom is 0.228 e. The lowest BCUT2D eigenvalue weighted by molar-refractivity contribution is 0.397. The lowest BCUT2D eigenvalue weighted by Gasteiger charge is -1.90. The van der Waals surface area contributed by atoms with Gasteiger partial charge in [-0.25, -0.2) is 0 Å². The van der Waals surface area contributed by atoms with Crippen molar-refractivity contribution < 1.29 is 9.53 Å². The van der Waals surface area contributed by atoms with Gasteiger partial charge in [0, 0.05) is 0 Å². The fraction of sp³-hybridized carbons (Fsp3) is 0.571. The first-order valence-corrected chi connectivity index (χ1v) is 3.00. The van der Waals surface area contributed by atoms with E-state index in [1.807, 2.05) is 0 Å². The molecule has 1 rings (SSSR count). The average Bonchev–Trinajstić information content (AvgIpc) is 2.65. The van der Waals surface area contributed by atoms with Gasteiger partial charge in [-0.3, -0.25) is 4.79 Å². The molecule has 2 heteroatoms. The van der Waals surface area contributed by atoms with Crippen LogP contribution in [0.3, 0.4) is 0 Å². The Balaban J connectivity index is 2.02. The first-order chi connectivity index (χ1) is 4.33.